The van der Waals surface area contributed by atoms with Gasteiger partial charge in [0.1, 0.15) is 0 Å². The van der Waals surface area contributed by atoms with Crippen molar-refractivity contribution in [2.45, 2.75) is 0 Å². The van der Waals surface area contributed by atoms with Gasteiger partial charge in [-0.3, -0.25) is 0 Å². The molecule has 0 atom stereocenters. The Bertz CT molecular complexity index is 2260. The quantitative estimate of drug-likeness (QED) is 0.210. The minimum Gasteiger partial charge on any atom is -0.308 e. The SMILES string of the molecule is N#Cc1cccc(C#N)c1-c1cccc2c3cccc(-c4c(C#N)cccc4C#N)c3n(-c3ccc(-c4ccccc4)cc3)c12. The number of aromatic nitrogens is 1. The van der Waals surface area contributed by atoms with Gasteiger partial charge in [-0.05, 0) is 47.5 Å². The van der Waals surface area contributed by atoms with Gasteiger partial charge in [-0.25, -0.2) is 0 Å². The lowest BCUT2D eigenvalue weighted by Gasteiger charge is -2.16. The van der Waals surface area contributed by atoms with Crippen LogP contribution in [0.2, 0.25) is 0 Å². The molecule has 0 amide bonds. The summed E-state index contributed by atoms with van der Waals surface area (Å²) in [6.07, 6.45) is 0. The number of nitrogens with zero attached hydrogens (tertiary/aromatic N) is 5. The van der Waals surface area contributed by atoms with Crippen molar-refractivity contribution < 1.29 is 0 Å². The van der Waals surface area contributed by atoms with Crippen molar-refractivity contribution in [3.8, 4) is 63.3 Å². The van der Waals surface area contributed by atoms with Gasteiger partial charge in [-0.1, -0.05) is 91.0 Å². The fraction of sp³-hybridized carbons (Fsp3) is 0. The summed E-state index contributed by atoms with van der Waals surface area (Å²) in [5.74, 6) is 0. The number of hydrogen-bond acceptors (Lipinski definition) is 4. The monoisotopic (exact) mass is 571 g/mol. The van der Waals surface area contributed by atoms with Crippen molar-refractivity contribution in [1.29, 1.82) is 21.0 Å². The normalized spacial score (nSPS) is 10.6. The number of hydrogen-bond donors (Lipinski definition) is 0. The molecular formula is C40H21N5. The summed E-state index contributed by atoms with van der Waals surface area (Å²) in [7, 11) is 0. The van der Waals surface area contributed by atoms with Crippen molar-refractivity contribution in [3.05, 3.63) is 150 Å². The van der Waals surface area contributed by atoms with Gasteiger partial charge in [0.25, 0.3) is 0 Å². The third-order valence-corrected chi connectivity index (χ3v) is 8.19. The standard InChI is InChI=1S/C40H21N5/c41-22-28-10-4-11-29(23-42)37(28)35-16-6-14-33-34-15-7-17-36(38-30(24-43)12-5-13-31(38)25-44)40(34)45(39(33)35)32-20-18-27(19-21-32)26-8-2-1-3-9-26/h1-21H. The highest BCUT2D eigenvalue weighted by atomic mass is 15.0. The molecule has 7 aromatic rings. The molecule has 0 spiro atoms. The molecule has 0 radical (unpaired) electrons. The molecule has 0 saturated heterocycles. The van der Waals surface area contributed by atoms with Crippen LogP contribution < -0.4 is 0 Å². The zero-order valence-electron chi connectivity index (χ0n) is 23.9. The van der Waals surface area contributed by atoms with Crippen LogP contribution in [-0.4, -0.2) is 4.57 Å². The summed E-state index contributed by atoms with van der Waals surface area (Å²) in [6, 6.07) is 49.7. The van der Waals surface area contributed by atoms with E-state index in [1.807, 2.05) is 54.6 Å². The van der Waals surface area contributed by atoms with E-state index >= 15 is 0 Å². The van der Waals surface area contributed by atoms with Gasteiger partial charge in [0, 0.05) is 38.7 Å². The predicted octanol–water partition coefficient (Wildman–Crippen LogP) is 9.27. The molecule has 0 unspecified atom stereocenters. The van der Waals surface area contributed by atoms with Gasteiger partial charge in [0.2, 0.25) is 0 Å². The topological polar surface area (TPSA) is 100 Å². The van der Waals surface area contributed by atoms with Crippen LogP contribution in [0, 0.1) is 45.3 Å². The molecule has 0 aliphatic heterocycles. The van der Waals surface area contributed by atoms with E-state index in [-0.39, 0.29) is 0 Å². The Hall–Kier alpha value is -6.92. The third kappa shape index (κ3) is 4.29. The number of para-hydroxylation sites is 2. The van der Waals surface area contributed by atoms with Crippen LogP contribution in [0.5, 0.6) is 0 Å². The molecule has 0 saturated carbocycles. The zero-order valence-corrected chi connectivity index (χ0v) is 23.9. The molecule has 0 N–H and O–H groups in total. The molecule has 1 aromatic heterocycles. The molecule has 206 valence electrons. The lowest BCUT2D eigenvalue weighted by molar-refractivity contribution is 1.18. The first kappa shape index (κ1) is 26.9. The molecule has 0 aliphatic rings. The van der Waals surface area contributed by atoms with E-state index in [4.69, 9.17) is 0 Å². The molecule has 1 heterocycles. The largest absolute Gasteiger partial charge is 0.308 e. The van der Waals surface area contributed by atoms with Crippen molar-refractivity contribution in [2.24, 2.45) is 0 Å². The van der Waals surface area contributed by atoms with E-state index in [2.05, 4.69) is 65.2 Å². The third-order valence-electron chi connectivity index (χ3n) is 8.19. The van der Waals surface area contributed by atoms with Crippen LogP contribution in [-0.2, 0) is 0 Å². The molecule has 7 rings (SSSR count). The van der Waals surface area contributed by atoms with Crippen LogP contribution in [0.1, 0.15) is 22.3 Å². The smallest absolute Gasteiger partial charge is 0.0998 e. The van der Waals surface area contributed by atoms with Crippen molar-refractivity contribution in [1.82, 2.24) is 4.57 Å². The lowest BCUT2D eigenvalue weighted by Crippen LogP contribution is -2.00. The van der Waals surface area contributed by atoms with Crippen LogP contribution in [0.3, 0.4) is 0 Å². The van der Waals surface area contributed by atoms with Crippen LogP contribution in [0.25, 0.3) is 60.9 Å². The molecule has 6 aromatic carbocycles. The van der Waals surface area contributed by atoms with Gasteiger partial charge < -0.3 is 4.57 Å². The summed E-state index contributed by atoms with van der Waals surface area (Å²) in [5.41, 5.74) is 8.87. The second kappa shape index (κ2) is 11.1. The number of nitriles is 4. The Balaban J connectivity index is 1.66. The molecule has 0 fully saturated rings. The van der Waals surface area contributed by atoms with Crippen LogP contribution in [0.4, 0.5) is 0 Å². The maximum absolute atomic E-state index is 10.1. The number of fused-ring (bicyclic) bond motifs is 3. The Morgan fingerprint density at radius 2 is 0.778 bits per heavy atom. The molecular weight excluding hydrogens is 550 g/mol. The number of benzene rings is 6. The van der Waals surface area contributed by atoms with Gasteiger partial charge in [0.05, 0.1) is 57.6 Å². The molecule has 0 bridgehead atoms. The van der Waals surface area contributed by atoms with Gasteiger partial charge >= 0.3 is 0 Å². The highest BCUT2D eigenvalue weighted by Crippen LogP contribution is 2.44. The first-order valence-electron chi connectivity index (χ1n) is 14.3. The lowest BCUT2D eigenvalue weighted by atomic mass is 9.93. The van der Waals surface area contributed by atoms with Gasteiger partial charge in [-0.2, -0.15) is 21.0 Å². The predicted molar refractivity (Wildman–Crippen MR) is 176 cm³/mol. The van der Waals surface area contributed by atoms with Crippen LogP contribution >= 0.6 is 0 Å². The number of rotatable bonds is 4. The Labute approximate surface area is 259 Å². The van der Waals surface area contributed by atoms with E-state index in [0.29, 0.717) is 33.4 Å². The summed E-state index contributed by atoms with van der Waals surface area (Å²) >= 11 is 0. The summed E-state index contributed by atoms with van der Waals surface area (Å²) in [4.78, 5) is 0. The Kier molecular flexibility index (Phi) is 6.62. The van der Waals surface area contributed by atoms with Crippen molar-refractivity contribution in [2.75, 3.05) is 0 Å². The second-order valence-electron chi connectivity index (χ2n) is 10.6. The van der Waals surface area contributed by atoms with Gasteiger partial charge in [-0.15, -0.1) is 0 Å². The average molecular weight is 572 g/mol. The first-order valence-corrected chi connectivity index (χ1v) is 14.3. The Morgan fingerprint density at radius 3 is 1.20 bits per heavy atom. The first-order chi connectivity index (χ1) is 22.2. The summed E-state index contributed by atoms with van der Waals surface area (Å²) < 4.78 is 2.13. The van der Waals surface area contributed by atoms with Crippen LogP contribution in [0.15, 0.2) is 127 Å². The minimum absolute atomic E-state index is 0.402. The average Bonchev–Trinajstić information content (AvgIpc) is 3.46. The highest BCUT2D eigenvalue weighted by molar-refractivity contribution is 6.18. The molecule has 0 aliphatic carbocycles. The molecule has 45 heavy (non-hydrogen) atoms. The zero-order chi connectivity index (χ0) is 30.9. The van der Waals surface area contributed by atoms with E-state index < -0.39 is 0 Å². The fourth-order valence-electron chi connectivity index (χ4n) is 6.27. The summed E-state index contributed by atoms with van der Waals surface area (Å²) in [6.45, 7) is 0. The summed E-state index contributed by atoms with van der Waals surface area (Å²) in [5, 5.41) is 42.3. The van der Waals surface area contributed by atoms with E-state index in [9.17, 15) is 21.0 Å². The fourth-order valence-corrected chi connectivity index (χ4v) is 6.27. The van der Waals surface area contributed by atoms with Crippen molar-refractivity contribution >= 4 is 21.8 Å². The Morgan fingerprint density at radius 1 is 0.378 bits per heavy atom. The highest BCUT2D eigenvalue weighted by Gasteiger charge is 2.24. The van der Waals surface area contributed by atoms with E-state index in [1.165, 1.54) is 0 Å². The second-order valence-corrected chi connectivity index (χ2v) is 10.6. The molecule has 5 nitrogen and oxygen atoms in total. The van der Waals surface area contributed by atoms with Crippen molar-refractivity contribution in [3.63, 3.8) is 0 Å². The van der Waals surface area contributed by atoms with E-state index in [1.54, 1.807) is 36.4 Å². The maximum atomic E-state index is 10.1. The van der Waals surface area contributed by atoms with Gasteiger partial charge in [0.15, 0.2) is 0 Å². The van der Waals surface area contributed by atoms with E-state index in [0.717, 1.165) is 49.7 Å². The maximum Gasteiger partial charge on any atom is 0.0998 e. The minimum atomic E-state index is 0.402. The molecule has 5 heteroatoms.